The lowest BCUT2D eigenvalue weighted by Crippen LogP contribution is -2.27. The summed E-state index contributed by atoms with van der Waals surface area (Å²) in [7, 11) is 3.14. The maximum Gasteiger partial charge on any atom is 0.263 e. The number of benzene rings is 1. The topological polar surface area (TPSA) is 80.2 Å². The smallest absolute Gasteiger partial charge is 0.263 e. The molecule has 0 saturated heterocycles. The normalized spacial score (nSPS) is 10.1. The molecular weight excluding hydrogens is 282 g/mol. The molecule has 0 saturated carbocycles. The Kier molecular flexibility index (Phi) is 4.41. The van der Waals surface area contributed by atoms with Crippen LogP contribution in [0.5, 0.6) is 0 Å². The first-order valence-electron chi connectivity index (χ1n) is 6.73. The number of aryl methyl sites for hydroxylation is 2. The van der Waals surface area contributed by atoms with Crippen molar-refractivity contribution in [1.82, 2.24) is 9.88 Å². The lowest BCUT2D eigenvalue weighted by atomic mass is 10.1. The molecule has 1 heterocycles. The van der Waals surface area contributed by atoms with E-state index in [2.05, 4.69) is 10.6 Å². The molecule has 0 aliphatic heterocycles. The minimum Gasteiger partial charge on any atom is -0.355 e. The molecule has 114 valence electrons. The SMILES string of the molecule is CNC(=O)c1ccc(NC(=O)c2cccn(C)c2=O)c(C)c1. The van der Waals surface area contributed by atoms with Gasteiger partial charge in [-0.15, -0.1) is 0 Å². The van der Waals surface area contributed by atoms with Crippen LogP contribution in [0.1, 0.15) is 26.3 Å². The third kappa shape index (κ3) is 3.06. The van der Waals surface area contributed by atoms with Crippen molar-refractivity contribution in [3.8, 4) is 0 Å². The average Bonchev–Trinajstić information content (AvgIpc) is 2.51. The Bertz CT molecular complexity index is 793. The molecule has 22 heavy (non-hydrogen) atoms. The van der Waals surface area contributed by atoms with E-state index in [1.807, 2.05) is 0 Å². The first-order chi connectivity index (χ1) is 10.4. The van der Waals surface area contributed by atoms with E-state index in [0.29, 0.717) is 11.3 Å². The summed E-state index contributed by atoms with van der Waals surface area (Å²) in [6.45, 7) is 1.78. The van der Waals surface area contributed by atoms with Gasteiger partial charge in [-0.3, -0.25) is 14.4 Å². The van der Waals surface area contributed by atoms with Gasteiger partial charge in [-0.1, -0.05) is 0 Å². The number of aromatic nitrogens is 1. The van der Waals surface area contributed by atoms with Crippen molar-refractivity contribution < 1.29 is 9.59 Å². The van der Waals surface area contributed by atoms with Crippen LogP contribution in [0, 0.1) is 6.92 Å². The Balaban J connectivity index is 2.27. The van der Waals surface area contributed by atoms with Gasteiger partial charge in [0, 0.05) is 31.5 Å². The van der Waals surface area contributed by atoms with Crippen molar-refractivity contribution in [2.45, 2.75) is 6.92 Å². The van der Waals surface area contributed by atoms with E-state index >= 15 is 0 Å². The summed E-state index contributed by atoms with van der Waals surface area (Å²) in [5.41, 5.74) is 1.51. The van der Waals surface area contributed by atoms with Crippen LogP contribution in [0.15, 0.2) is 41.3 Å². The molecule has 0 atom stereocenters. The van der Waals surface area contributed by atoms with Gasteiger partial charge in [-0.2, -0.15) is 0 Å². The zero-order valence-electron chi connectivity index (χ0n) is 12.6. The molecule has 2 amide bonds. The average molecular weight is 299 g/mol. The maximum atomic E-state index is 12.2. The zero-order chi connectivity index (χ0) is 16.3. The van der Waals surface area contributed by atoms with E-state index < -0.39 is 5.91 Å². The number of amides is 2. The second-order valence-corrected chi connectivity index (χ2v) is 4.90. The highest BCUT2D eigenvalue weighted by atomic mass is 16.2. The molecule has 0 aliphatic carbocycles. The Morgan fingerprint density at radius 2 is 1.86 bits per heavy atom. The fraction of sp³-hybridized carbons (Fsp3) is 0.188. The summed E-state index contributed by atoms with van der Waals surface area (Å²) in [6, 6.07) is 8.05. The van der Waals surface area contributed by atoms with E-state index in [4.69, 9.17) is 0 Å². The summed E-state index contributed by atoms with van der Waals surface area (Å²) >= 11 is 0. The lowest BCUT2D eigenvalue weighted by molar-refractivity contribution is 0.0962. The van der Waals surface area contributed by atoms with Gasteiger partial charge in [-0.05, 0) is 42.8 Å². The Morgan fingerprint density at radius 1 is 1.14 bits per heavy atom. The molecule has 6 nitrogen and oxygen atoms in total. The molecule has 0 unspecified atom stereocenters. The predicted molar refractivity (Wildman–Crippen MR) is 84.2 cm³/mol. The minimum atomic E-state index is -0.475. The van der Waals surface area contributed by atoms with Gasteiger partial charge in [0.1, 0.15) is 5.56 Å². The third-order valence-corrected chi connectivity index (χ3v) is 3.33. The highest BCUT2D eigenvalue weighted by Gasteiger charge is 2.13. The van der Waals surface area contributed by atoms with Crippen molar-refractivity contribution in [2.75, 3.05) is 12.4 Å². The molecule has 2 N–H and O–H groups in total. The fourth-order valence-electron chi connectivity index (χ4n) is 2.05. The summed E-state index contributed by atoms with van der Waals surface area (Å²) in [4.78, 5) is 35.7. The van der Waals surface area contributed by atoms with Crippen LogP contribution >= 0.6 is 0 Å². The van der Waals surface area contributed by atoms with Gasteiger partial charge >= 0.3 is 0 Å². The molecule has 0 aliphatic rings. The molecule has 2 rings (SSSR count). The van der Waals surface area contributed by atoms with E-state index in [1.165, 1.54) is 10.6 Å². The number of carbonyl (C=O) groups is 2. The molecule has 1 aromatic heterocycles. The summed E-state index contributed by atoms with van der Waals surface area (Å²) in [6.07, 6.45) is 1.59. The minimum absolute atomic E-state index is 0.0692. The number of hydrogen-bond donors (Lipinski definition) is 2. The number of pyridine rings is 1. The number of nitrogens with zero attached hydrogens (tertiary/aromatic N) is 1. The van der Waals surface area contributed by atoms with Crippen molar-refractivity contribution in [1.29, 1.82) is 0 Å². The largest absolute Gasteiger partial charge is 0.355 e. The van der Waals surface area contributed by atoms with Gasteiger partial charge in [0.25, 0.3) is 17.4 Å². The second kappa shape index (κ2) is 6.26. The van der Waals surface area contributed by atoms with Crippen LogP contribution in [-0.2, 0) is 7.05 Å². The maximum absolute atomic E-state index is 12.2. The Morgan fingerprint density at radius 3 is 2.50 bits per heavy atom. The standard InChI is InChI=1S/C16H17N3O3/c1-10-9-11(14(20)17-2)6-7-13(10)18-15(21)12-5-4-8-19(3)16(12)22/h4-9H,1-3H3,(H,17,20)(H,18,21). The van der Waals surface area contributed by atoms with Gasteiger partial charge in [-0.25, -0.2) is 0 Å². The van der Waals surface area contributed by atoms with Gasteiger partial charge < -0.3 is 15.2 Å². The van der Waals surface area contributed by atoms with Gasteiger partial charge in [0.15, 0.2) is 0 Å². The first kappa shape index (κ1) is 15.5. The molecule has 6 heteroatoms. The molecule has 0 fully saturated rings. The predicted octanol–water partition coefficient (Wildman–Crippen LogP) is 1.31. The highest BCUT2D eigenvalue weighted by molar-refractivity contribution is 6.04. The zero-order valence-corrected chi connectivity index (χ0v) is 12.6. The molecule has 1 aromatic carbocycles. The van der Waals surface area contributed by atoms with E-state index in [1.54, 1.807) is 51.5 Å². The van der Waals surface area contributed by atoms with E-state index in [-0.39, 0.29) is 17.0 Å². The van der Waals surface area contributed by atoms with Crippen molar-refractivity contribution >= 4 is 17.5 Å². The van der Waals surface area contributed by atoms with Crippen molar-refractivity contribution in [3.63, 3.8) is 0 Å². The summed E-state index contributed by atoms with van der Waals surface area (Å²) in [5, 5.41) is 5.23. The number of anilines is 1. The van der Waals surface area contributed by atoms with Gasteiger partial charge in [0.05, 0.1) is 0 Å². The van der Waals surface area contributed by atoms with Gasteiger partial charge in [0.2, 0.25) is 0 Å². The number of nitrogens with one attached hydrogen (secondary N) is 2. The molecule has 0 radical (unpaired) electrons. The highest BCUT2D eigenvalue weighted by Crippen LogP contribution is 2.17. The Hall–Kier alpha value is -2.89. The van der Waals surface area contributed by atoms with Crippen LogP contribution in [0.2, 0.25) is 0 Å². The number of carbonyl (C=O) groups excluding carboxylic acids is 2. The summed E-state index contributed by atoms with van der Waals surface area (Å²) < 4.78 is 1.34. The molecule has 0 bridgehead atoms. The quantitative estimate of drug-likeness (QED) is 0.896. The van der Waals surface area contributed by atoms with Crippen LogP contribution in [0.25, 0.3) is 0 Å². The Labute approximate surface area is 127 Å². The van der Waals surface area contributed by atoms with Crippen LogP contribution in [0.3, 0.4) is 0 Å². The van der Waals surface area contributed by atoms with Crippen molar-refractivity contribution in [2.24, 2.45) is 7.05 Å². The number of rotatable bonds is 3. The van der Waals surface area contributed by atoms with Crippen LogP contribution < -0.4 is 16.2 Å². The van der Waals surface area contributed by atoms with Crippen LogP contribution in [-0.4, -0.2) is 23.4 Å². The van der Waals surface area contributed by atoms with Crippen molar-refractivity contribution in [3.05, 3.63) is 63.6 Å². The first-order valence-corrected chi connectivity index (χ1v) is 6.73. The lowest BCUT2D eigenvalue weighted by Gasteiger charge is -2.10. The van der Waals surface area contributed by atoms with Crippen LogP contribution in [0.4, 0.5) is 5.69 Å². The molecule has 0 spiro atoms. The monoisotopic (exact) mass is 299 g/mol. The van der Waals surface area contributed by atoms with E-state index in [9.17, 15) is 14.4 Å². The number of hydrogen-bond acceptors (Lipinski definition) is 3. The molecule has 2 aromatic rings. The molecular formula is C16H17N3O3. The fourth-order valence-corrected chi connectivity index (χ4v) is 2.05. The third-order valence-electron chi connectivity index (χ3n) is 3.33. The van der Waals surface area contributed by atoms with E-state index in [0.717, 1.165) is 5.56 Å². The summed E-state index contributed by atoms with van der Waals surface area (Å²) in [5.74, 6) is -0.671. The second-order valence-electron chi connectivity index (χ2n) is 4.90.